The SMILES string of the molecule is COC(=O)c1ccc(C(=O)N(C)Cc2ccc3cc(OC)ccc3c2)cc1. The van der Waals surface area contributed by atoms with Crippen LogP contribution in [0.5, 0.6) is 5.75 Å². The molecule has 0 spiro atoms. The summed E-state index contributed by atoms with van der Waals surface area (Å²) in [6.07, 6.45) is 0. The predicted molar refractivity (Wildman–Crippen MR) is 104 cm³/mol. The molecular formula is C22H21NO4. The first-order chi connectivity index (χ1) is 13.0. The van der Waals surface area contributed by atoms with Crippen molar-refractivity contribution in [2.24, 2.45) is 0 Å². The molecule has 0 bridgehead atoms. The molecule has 3 rings (SSSR count). The van der Waals surface area contributed by atoms with Gasteiger partial charge >= 0.3 is 5.97 Å². The fraction of sp³-hybridized carbons (Fsp3) is 0.182. The average molecular weight is 363 g/mol. The minimum Gasteiger partial charge on any atom is -0.497 e. The van der Waals surface area contributed by atoms with E-state index in [0.717, 1.165) is 22.1 Å². The second kappa shape index (κ2) is 7.91. The quantitative estimate of drug-likeness (QED) is 0.645. The Morgan fingerprint density at radius 1 is 0.852 bits per heavy atom. The van der Waals surface area contributed by atoms with Gasteiger partial charge in [-0.25, -0.2) is 4.79 Å². The number of amides is 1. The third-order valence-corrected chi connectivity index (χ3v) is 4.43. The van der Waals surface area contributed by atoms with Crippen LogP contribution in [0.15, 0.2) is 60.7 Å². The number of methoxy groups -OCH3 is 2. The summed E-state index contributed by atoms with van der Waals surface area (Å²) in [4.78, 5) is 25.8. The third-order valence-electron chi connectivity index (χ3n) is 4.43. The molecular weight excluding hydrogens is 342 g/mol. The van der Waals surface area contributed by atoms with Gasteiger partial charge in [0.05, 0.1) is 19.8 Å². The fourth-order valence-electron chi connectivity index (χ4n) is 2.93. The highest BCUT2D eigenvalue weighted by molar-refractivity contribution is 5.96. The van der Waals surface area contributed by atoms with Crippen LogP contribution >= 0.6 is 0 Å². The Hall–Kier alpha value is -3.34. The molecule has 27 heavy (non-hydrogen) atoms. The highest BCUT2D eigenvalue weighted by Crippen LogP contribution is 2.22. The number of carbonyl (C=O) groups excluding carboxylic acids is 2. The predicted octanol–water partition coefficient (Wildman–Crippen LogP) is 3.91. The Morgan fingerprint density at radius 3 is 2.15 bits per heavy atom. The van der Waals surface area contributed by atoms with Crippen LogP contribution in [-0.2, 0) is 11.3 Å². The van der Waals surface area contributed by atoms with Crippen LogP contribution in [0.4, 0.5) is 0 Å². The lowest BCUT2D eigenvalue weighted by molar-refractivity contribution is 0.0600. The summed E-state index contributed by atoms with van der Waals surface area (Å²) in [6.45, 7) is 0.486. The standard InChI is InChI=1S/C22H21NO4/c1-23(21(24)16-6-8-17(9-7-16)22(25)27-3)14-15-4-5-19-13-20(26-2)11-10-18(19)12-15/h4-13H,14H2,1-3H3. The van der Waals surface area contributed by atoms with E-state index in [1.807, 2.05) is 30.3 Å². The maximum Gasteiger partial charge on any atom is 0.337 e. The molecule has 0 aliphatic rings. The lowest BCUT2D eigenvalue weighted by Crippen LogP contribution is -2.26. The van der Waals surface area contributed by atoms with Crippen LogP contribution in [0.1, 0.15) is 26.3 Å². The Balaban J connectivity index is 1.74. The number of rotatable bonds is 5. The summed E-state index contributed by atoms with van der Waals surface area (Å²) >= 11 is 0. The van der Waals surface area contributed by atoms with Crippen molar-refractivity contribution in [3.8, 4) is 5.75 Å². The second-order valence-electron chi connectivity index (χ2n) is 6.28. The smallest absolute Gasteiger partial charge is 0.337 e. The maximum atomic E-state index is 12.6. The monoisotopic (exact) mass is 363 g/mol. The van der Waals surface area contributed by atoms with Crippen molar-refractivity contribution in [2.45, 2.75) is 6.54 Å². The Morgan fingerprint density at radius 2 is 1.48 bits per heavy atom. The van der Waals surface area contributed by atoms with Gasteiger partial charge < -0.3 is 14.4 Å². The normalized spacial score (nSPS) is 10.5. The Labute approximate surface area is 158 Å². The van der Waals surface area contributed by atoms with E-state index >= 15 is 0 Å². The number of esters is 1. The topological polar surface area (TPSA) is 55.8 Å². The molecule has 0 aliphatic heterocycles. The minimum atomic E-state index is -0.421. The van der Waals surface area contributed by atoms with Crippen LogP contribution in [-0.4, -0.2) is 38.0 Å². The molecule has 138 valence electrons. The van der Waals surface area contributed by atoms with Crippen LogP contribution in [0.2, 0.25) is 0 Å². The zero-order valence-corrected chi connectivity index (χ0v) is 15.6. The van der Waals surface area contributed by atoms with E-state index in [4.69, 9.17) is 4.74 Å². The Kier molecular flexibility index (Phi) is 5.41. The number of ether oxygens (including phenoxy) is 2. The Bertz CT molecular complexity index is 979. The molecule has 0 saturated heterocycles. The first-order valence-corrected chi connectivity index (χ1v) is 8.52. The van der Waals surface area contributed by atoms with Crippen molar-refractivity contribution in [3.05, 3.63) is 77.4 Å². The number of hydrogen-bond donors (Lipinski definition) is 0. The van der Waals surface area contributed by atoms with Gasteiger partial charge in [-0.15, -0.1) is 0 Å². The summed E-state index contributed by atoms with van der Waals surface area (Å²) in [5.41, 5.74) is 1.98. The van der Waals surface area contributed by atoms with Gasteiger partial charge in [-0.2, -0.15) is 0 Å². The molecule has 0 saturated carbocycles. The third kappa shape index (κ3) is 4.08. The molecule has 1 amide bonds. The van der Waals surface area contributed by atoms with Crippen LogP contribution < -0.4 is 4.74 Å². The average Bonchev–Trinajstić information content (AvgIpc) is 2.72. The van der Waals surface area contributed by atoms with E-state index in [9.17, 15) is 9.59 Å². The summed E-state index contributed by atoms with van der Waals surface area (Å²) in [5, 5.41) is 2.18. The number of benzene rings is 3. The summed E-state index contributed by atoms with van der Waals surface area (Å²) in [5.74, 6) is 0.286. The van der Waals surface area contributed by atoms with Crippen LogP contribution in [0, 0.1) is 0 Å². The molecule has 3 aromatic rings. The summed E-state index contributed by atoms with van der Waals surface area (Å²) in [6, 6.07) is 18.5. The van der Waals surface area contributed by atoms with Gasteiger partial charge in [0.1, 0.15) is 5.75 Å². The van der Waals surface area contributed by atoms with E-state index in [1.54, 1.807) is 43.3 Å². The van der Waals surface area contributed by atoms with E-state index in [1.165, 1.54) is 7.11 Å². The van der Waals surface area contributed by atoms with Crippen LogP contribution in [0.3, 0.4) is 0 Å². The lowest BCUT2D eigenvalue weighted by atomic mass is 10.1. The van der Waals surface area contributed by atoms with Gasteiger partial charge in [-0.3, -0.25) is 4.79 Å². The highest BCUT2D eigenvalue weighted by Gasteiger charge is 2.14. The van der Waals surface area contributed by atoms with Crippen molar-refractivity contribution < 1.29 is 19.1 Å². The van der Waals surface area contributed by atoms with Crippen molar-refractivity contribution in [3.63, 3.8) is 0 Å². The first kappa shape index (κ1) is 18.5. The largest absolute Gasteiger partial charge is 0.497 e. The molecule has 3 aromatic carbocycles. The molecule has 0 fully saturated rings. The van der Waals surface area contributed by atoms with Gasteiger partial charge in [0.2, 0.25) is 0 Å². The summed E-state index contributed by atoms with van der Waals surface area (Å²) in [7, 11) is 4.73. The highest BCUT2D eigenvalue weighted by atomic mass is 16.5. The minimum absolute atomic E-state index is 0.110. The molecule has 5 heteroatoms. The molecule has 0 aliphatic carbocycles. The van der Waals surface area contributed by atoms with E-state index in [0.29, 0.717) is 17.7 Å². The number of fused-ring (bicyclic) bond motifs is 1. The molecule has 0 heterocycles. The van der Waals surface area contributed by atoms with Gasteiger partial charge in [-0.05, 0) is 58.8 Å². The van der Waals surface area contributed by atoms with Crippen molar-refractivity contribution in [1.29, 1.82) is 0 Å². The molecule has 0 atom stereocenters. The molecule has 0 aromatic heterocycles. The van der Waals surface area contributed by atoms with Crippen molar-refractivity contribution in [1.82, 2.24) is 4.90 Å². The van der Waals surface area contributed by atoms with Gasteiger partial charge in [0.15, 0.2) is 0 Å². The van der Waals surface area contributed by atoms with Gasteiger partial charge in [0, 0.05) is 19.2 Å². The molecule has 5 nitrogen and oxygen atoms in total. The maximum absolute atomic E-state index is 12.6. The van der Waals surface area contributed by atoms with Crippen molar-refractivity contribution in [2.75, 3.05) is 21.3 Å². The molecule has 0 radical (unpaired) electrons. The van der Waals surface area contributed by atoms with Gasteiger partial charge in [0.25, 0.3) is 5.91 Å². The van der Waals surface area contributed by atoms with E-state index in [-0.39, 0.29) is 5.91 Å². The lowest BCUT2D eigenvalue weighted by Gasteiger charge is -2.18. The molecule has 0 unspecified atom stereocenters. The van der Waals surface area contributed by atoms with Gasteiger partial charge in [-0.1, -0.05) is 18.2 Å². The second-order valence-corrected chi connectivity index (χ2v) is 6.28. The zero-order chi connectivity index (χ0) is 19.4. The van der Waals surface area contributed by atoms with E-state index in [2.05, 4.69) is 10.8 Å². The van der Waals surface area contributed by atoms with Crippen molar-refractivity contribution >= 4 is 22.6 Å². The number of carbonyl (C=O) groups is 2. The number of nitrogens with zero attached hydrogens (tertiary/aromatic N) is 1. The molecule has 0 N–H and O–H groups in total. The summed E-state index contributed by atoms with van der Waals surface area (Å²) < 4.78 is 9.92. The zero-order valence-electron chi connectivity index (χ0n) is 15.6. The fourth-order valence-corrected chi connectivity index (χ4v) is 2.93. The first-order valence-electron chi connectivity index (χ1n) is 8.52. The van der Waals surface area contributed by atoms with E-state index < -0.39 is 5.97 Å². The number of hydrogen-bond acceptors (Lipinski definition) is 4. The van der Waals surface area contributed by atoms with Crippen LogP contribution in [0.25, 0.3) is 10.8 Å².